The molecule has 1 aromatic carbocycles. The van der Waals surface area contributed by atoms with E-state index in [4.69, 9.17) is 4.74 Å². The van der Waals surface area contributed by atoms with Gasteiger partial charge in [0, 0.05) is 19.3 Å². The lowest BCUT2D eigenvalue weighted by atomic mass is 10.1. The third-order valence-electron chi connectivity index (χ3n) is 2.87. The van der Waals surface area contributed by atoms with E-state index in [1.165, 1.54) is 11.1 Å². The Kier molecular flexibility index (Phi) is 7.95. The highest BCUT2D eigenvalue weighted by Gasteiger charge is 2.03. The maximum absolute atomic E-state index is 5.84. The molecule has 0 aromatic heterocycles. The van der Waals surface area contributed by atoms with Crippen molar-refractivity contribution in [3.63, 3.8) is 0 Å². The maximum atomic E-state index is 5.84. The number of nitrogens with one attached hydrogen (secondary N) is 2. The largest absolute Gasteiger partial charge is 0.491 e. The van der Waals surface area contributed by atoms with E-state index in [0.717, 1.165) is 30.6 Å². The second-order valence-corrected chi connectivity index (χ2v) is 5.47. The van der Waals surface area contributed by atoms with Crippen LogP contribution in [-0.4, -0.2) is 44.7 Å². The summed E-state index contributed by atoms with van der Waals surface area (Å²) in [6.45, 7) is 6.40. The molecule has 0 aliphatic carbocycles. The van der Waals surface area contributed by atoms with Gasteiger partial charge >= 0.3 is 0 Å². The van der Waals surface area contributed by atoms with Crippen LogP contribution >= 0.6 is 11.8 Å². The third-order valence-corrected chi connectivity index (χ3v) is 3.48. The summed E-state index contributed by atoms with van der Waals surface area (Å²) in [6, 6.07) is 6.19. The minimum Gasteiger partial charge on any atom is -0.491 e. The number of benzene rings is 1. The Hall–Kier alpha value is -1.36. The number of ether oxygens (including phenoxy) is 1. The first-order valence-electron chi connectivity index (χ1n) is 6.81. The predicted octanol–water partition coefficient (Wildman–Crippen LogP) is 2.21. The van der Waals surface area contributed by atoms with Gasteiger partial charge in [0.05, 0.1) is 6.54 Å². The van der Waals surface area contributed by atoms with Gasteiger partial charge in [-0.3, -0.25) is 4.99 Å². The number of para-hydroxylation sites is 1. The molecule has 0 amide bonds. The van der Waals surface area contributed by atoms with Gasteiger partial charge in [0.15, 0.2) is 5.96 Å². The van der Waals surface area contributed by atoms with E-state index in [9.17, 15) is 0 Å². The van der Waals surface area contributed by atoms with Crippen LogP contribution in [0.1, 0.15) is 11.1 Å². The lowest BCUT2D eigenvalue weighted by molar-refractivity contribution is 0.317. The van der Waals surface area contributed by atoms with Crippen molar-refractivity contribution in [3.05, 3.63) is 29.3 Å². The zero-order valence-electron chi connectivity index (χ0n) is 12.8. The second-order valence-electron chi connectivity index (χ2n) is 4.49. The zero-order chi connectivity index (χ0) is 14.8. The lowest BCUT2D eigenvalue weighted by Crippen LogP contribution is -2.40. The van der Waals surface area contributed by atoms with Gasteiger partial charge in [-0.05, 0) is 31.2 Å². The molecule has 0 atom stereocenters. The van der Waals surface area contributed by atoms with Crippen LogP contribution in [0.2, 0.25) is 0 Å². The highest BCUT2D eigenvalue weighted by molar-refractivity contribution is 7.98. The molecule has 0 spiro atoms. The van der Waals surface area contributed by atoms with E-state index in [0.29, 0.717) is 6.61 Å². The molecular weight excluding hydrogens is 270 g/mol. The Morgan fingerprint density at radius 1 is 1.20 bits per heavy atom. The molecule has 0 aliphatic heterocycles. The molecule has 4 nitrogen and oxygen atoms in total. The van der Waals surface area contributed by atoms with Crippen LogP contribution in [0.3, 0.4) is 0 Å². The molecule has 0 saturated carbocycles. The monoisotopic (exact) mass is 295 g/mol. The van der Waals surface area contributed by atoms with Gasteiger partial charge in [-0.15, -0.1) is 0 Å². The van der Waals surface area contributed by atoms with Crippen LogP contribution < -0.4 is 15.4 Å². The fourth-order valence-electron chi connectivity index (χ4n) is 1.84. The predicted molar refractivity (Wildman–Crippen MR) is 89.2 cm³/mol. The van der Waals surface area contributed by atoms with E-state index >= 15 is 0 Å². The number of hydrogen-bond acceptors (Lipinski definition) is 3. The number of nitrogens with zero attached hydrogens (tertiary/aromatic N) is 1. The highest BCUT2D eigenvalue weighted by atomic mass is 32.2. The second kappa shape index (κ2) is 9.53. The van der Waals surface area contributed by atoms with Crippen molar-refractivity contribution in [1.29, 1.82) is 0 Å². The average Bonchev–Trinajstić information content (AvgIpc) is 2.44. The van der Waals surface area contributed by atoms with Crippen LogP contribution in [0.4, 0.5) is 0 Å². The first kappa shape index (κ1) is 16.7. The van der Waals surface area contributed by atoms with Crippen molar-refractivity contribution < 1.29 is 4.74 Å². The fraction of sp³-hybridized carbons (Fsp3) is 0.533. The SMILES string of the molecule is CN=C(NCCOc1c(C)cccc1C)NCCSC. The molecule has 0 saturated heterocycles. The molecule has 0 bridgehead atoms. The van der Waals surface area contributed by atoms with Crippen LogP contribution in [0, 0.1) is 13.8 Å². The average molecular weight is 295 g/mol. The Morgan fingerprint density at radius 3 is 2.45 bits per heavy atom. The number of guanidine groups is 1. The van der Waals surface area contributed by atoms with Crippen LogP contribution in [0.15, 0.2) is 23.2 Å². The first-order chi connectivity index (χ1) is 9.69. The molecule has 0 radical (unpaired) electrons. The summed E-state index contributed by atoms with van der Waals surface area (Å²) in [7, 11) is 1.78. The van der Waals surface area contributed by atoms with E-state index < -0.39 is 0 Å². The number of rotatable bonds is 7. The minimum absolute atomic E-state index is 0.620. The highest BCUT2D eigenvalue weighted by Crippen LogP contribution is 2.21. The van der Waals surface area contributed by atoms with Gasteiger partial charge in [-0.1, -0.05) is 18.2 Å². The topological polar surface area (TPSA) is 45.7 Å². The van der Waals surface area contributed by atoms with Crippen molar-refractivity contribution in [3.8, 4) is 5.75 Å². The third kappa shape index (κ3) is 5.74. The van der Waals surface area contributed by atoms with Gasteiger partial charge in [0.2, 0.25) is 0 Å². The number of thioether (sulfide) groups is 1. The smallest absolute Gasteiger partial charge is 0.191 e. The van der Waals surface area contributed by atoms with Gasteiger partial charge in [-0.2, -0.15) is 11.8 Å². The molecule has 0 aliphatic rings. The molecule has 0 unspecified atom stereocenters. The summed E-state index contributed by atoms with van der Waals surface area (Å²) in [6.07, 6.45) is 2.09. The van der Waals surface area contributed by atoms with Crippen molar-refractivity contribution in [1.82, 2.24) is 10.6 Å². The maximum Gasteiger partial charge on any atom is 0.191 e. The van der Waals surface area contributed by atoms with Gasteiger partial charge < -0.3 is 15.4 Å². The normalized spacial score (nSPS) is 11.3. The quantitative estimate of drug-likeness (QED) is 0.460. The minimum atomic E-state index is 0.620. The number of hydrogen-bond donors (Lipinski definition) is 2. The molecule has 5 heteroatoms. The summed E-state index contributed by atoms with van der Waals surface area (Å²) in [4.78, 5) is 4.17. The summed E-state index contributed by atoms with van der Waals surface area (Å²) in [5.74, 6) is 2.88. The Labute approximate surface area is 126 Å². The van der Waals surface area contributed by atoms with E-state index in [2.05, 4.69) is 47.9 Å². The van der Waals surface area contributed by atoms with Crippen molar-refractivity contribution >= 4 is 17.7 Å². The van der Waals surface area contributed by atoms with Crippen molar-refractivity contribution in [2.45, 2.75) is 13.8 Å². The van der Waals surface area contributed by atoms with Crippen molar-refractivity contribution in [2.75, 3.05) is 38.8 Å². The standard InChI is InChI=1S/C15H25N3OS/c1-12-6-5-7-13(2)14(12)19-10-8-17-15(16-3)18-9-11-20-4/h5-7H,8-11H2,1-4H3,(H2,16,17,18). The lowest BCUT2D eigenvalue weighted by Gasteiger charge is -2.14. The first-order valence-corrected chi connectivity index (χ1v) is 8.21. The van der Waals surface area contributed by atoms with Crippen LogP contribution in [0.25, 0.3) is 0 Å². The molecule has 1 aromatic rings. The number of aliphatic imine (C=N–C) groups is 1. The fourth-order valence-corrected chi connectivity index (χ4v) is 2.15. The van der Waals surface area contributed by atoms with Crippen LogP contribution in [-0.2, 0) is 0 Å². The molecule has 0 heterocycles. The molecular formula is C15H25N3OS. The van der Waals surface area contributed by atoms with E-state index in [1.54, 1.807) is 7.05 Å². The summed E-state index contributed by atoms with van der Waals surface area (Å²) in [5, 5.41) is 6.50. The molecule has 20 heavy (non-hydrogen) atoms. The molecule has 0 fully saturated rings. The van der Waals surface area contributed by atoms with E-state index in [1.807, 2.05) is 17.8 Å². The molecule has 112 valence electrons. The van der Waals surface area contributed by atoms with Crippen LogP contribution in [0.5, 0.6) is 5.75 Å². The molecule has 2 N–H and O–H groups in total. The van der Waals surface area contributed by atoms with Gasteiger partial charge in [0.25, 0.3) is 0 Å². The van der Waals surface area contributed by atoms with Crippen molar-refractivity contribution in [2.24, 2.45) is 4.99 Å². The zero-order valence-corrected chi connectivity index (χ0v) is 13.6. The summed E-state index contributed by atoms with van der Waals surface area (Å²) in [5.41, 5.74) is 2.35. The molecule has 1 rings (SSSR count). The summed E-state index contributed by atoms with van der Waals surface area (Å²) < 4.78 is 5.84. The Morgan fingerprint density at radius 2 is 1.85 bits per heavy atom. The Bertz CT molecular complexity index is 415. The van der Waals surface area contributed by atoms with E-state index in [-0.39, 0.29) is 0 Å². The van der Waals surface area contributed by atoms with Gasteiger partial charge in [-0.25, -0.2) is 0 Å². The Balaban J connectivity index is 2.30. The van der Waals surface area contributed by atoms with Gasteiger partial charge in [0.1, 0.15) is 12.4 Å². The number of aryl methyl sites for hydroxylation is 2. The summed E-state index contributed by atoms with van der Waals surface area (Å²) >= 11 is 1.81.